The van der Waals surface area contributed by atoms with Crippen molar-refractivity contribution in [2.75, 3.05) is 33.9 Å². The minimum Gasteiger partial charge on any atom is -0.480 e. The van der Waals surface area contributed by atoms with Crippen LogP contribution in [0.4, 0.5) is 0 Å². The minimum absolute atomic E-state index is 0.163. The van der Waals surface area contributed by atoms with Crippen LogP contribution in [0.5, 0.6) is 5.88 Å². The highest BCUT2D eigenvalue weighted by Crippen LogP contribution is 2.28. The van der Waals surface area contributed by atoms with Crippen LogP contribution < -0.4 is 4.74 Å². The molecule has 6 heteroatoms. The van der Waals surface area contributed by atoms with E-state index in [1.165, 1.54) is 23.8 Å². The second-order valence-electron chi connectivity index (χ2n) is 7.89. The number of nitrogens with zero attached hydrogens (tertiary/aromatic N) is 3. The molecule has 0 radical (unpaired) electrons. The summed E-state index contributed by atoms with van der Waals surface area (Å²) < 4.78 is 11.9. The molecular weight excluding hydrogens is 354 g/mol. The van der Waals surface area contributed by atoms with E-state index >= 15 is 0 Å². The van der Waals surface area contributed by atoms with Gasteiger partial charge in [0.25, 0.3) is 0 Å². The minimum atomic E-state index is -0.497. The van der Waals surface area contributed by atoms with Gasteiger partial charge in [0.2, 0.25) is 5.88 Å². The van der Waals surface area contributed by atoms with Crippen molar-refractivity contribution in [1.29, 1.82) is 0 Å². The second kappa shape index (κ2) is 8.19. The summed E-state index contributed by atoms with van der Waals surface area (Å²) in [6, 6.07) is 8.31. The van der Waals surface area contributed by atoms with Gasteiger partial charge in [-0.05, 0) is 56.0 Å². The quantitative estimate of drug-likeness (QED) is 0.715. The van der Waals surface area contributed by atoms with Crippen molar-refractivity contribution >= 4 is 11.5 Å². The number of aryl methyl sites for hydroxylation is 1. The van der Waals surface area contributed by atoms with Crippen LogP contribution in [-0.2, 0) is 9.53 Å². The summed E-state index contributed by atoms with van der Waals surface area (Å²) in [7, 11) is 3.07. The molecule has 6 nitrogen and oxygen atoms in total. The van der Waals surface area contributed by atoms with Crippen molar-refractivity contribution in [3.8, 4) is 11.6 Å². The average molecular weight is 383 g/mol. The Balaban J connectivity index is 1.70. The highest BCUT2D eigenvalue weighted by Gasteiger charge is 2.31. The number of methoxy groups -OCH3 is 2. The molecule has 0 saturated carbocycles. The van der Waals surface area contributed by atoms with Crippen LogP contribution in [0.3, 0.4) is 0 Å². The summed E-state index contributed by atoms with van der Waals surface area (Å²) in [5.74, 6) is 0.442. The first-order valence-electron chi connectivity index (χ1n) is 9.55. The molecule has 1 aromatic carbocycles. The molecule has 1 aliphatic heterocycles. The lowest BCUT2D eigenvalue weighted by molar-refractivity contribution is -0.151. The fourth-order valence-electron chi connectivity index (χ4n) is 3.68. The Labute approximate surface area is 166 Å². The Morgan fingerprint density at radius 2 is 2.04 bits per heavy atom. The van der Waals surface area contributed by atoms with Gasteiger partial charge in [-0.1, -0.05) is 12.1 Å². The molecule has 1 aromatic heterocycles. The predicted octanol–water partition coefficient (Wildman–Crippen LogP) is 3.48. The zero-order valence-corrected chi connectivity index (χ0v) is 17.4. The van der Waals surface area contributed by atoms with E-state index in [9.17, 15) is 4.79 Å². The Morgan fingerprint density at radius 1 is 1.25 bits per heavy atom. The molecule has 2 heterocycles. The van der Waals surface area contributed by atoms with Crippen molar-refractivity contribution in [2.45, 2.75) is 27.2 Å². The summed E-state index contributed by atoms with van der Waals surface area (Å²) in [4.78, 5) is 14.2. The molecule has 0 atom stereocenters. The molecule has 0 aliphatic carbocycles. The summed E-state index contributed by atoms with van der Waals surface area (Å²) in [6.45, 7) is 8.44. The Bertz CT molecular complexity index is 883. The SMILES string of the molecule is COC(=O)C(C)(C)CN1CC=C(c2ccc(-n3ccc(OC)n3)c(C)c2)CC1. The van der Waals surface area contributed by atoms with E-state index in [1.54, 1.807) is 7.11 Å². The summed E-state index contributed by atoms with van der Waals surface area (Å²) in [6.07, 6.45) is 5.13. The Hall–Kier alpha value is -2.60. The molecule has 0 amide bonds. The largest absolute Gasteiger partial charge is 0.480 e. The van der Waals surface area contributed by atoms with Crippen molar-refractivity contribution in [1.82, 2.24) is 14.7 Å². The van der Waals surface area contributed by atoms with Gasteiger partial charge >= 0.3 is 5.97 Å². The van der Waals surface area contributed by atoms with Gasteiger partial charge in [-0.15, -0.1) is 5.10 Å². The summed E-state index contributed by atoms with van der Waals surface area (Å²) >= 11 is 0. The van der Waals surface area contributed by atoms with Crippen LogP contribution in [0.1, 0.15) is 31.4 Å². The summed E-state index contributed by atoms with van der Waals surface area (Å²) in [5.41, 5.74) is 4.30. The molecule has 1 aliphatic rings. The number of hydrogen-bond acceptors (Lipinski definition) is 5. The van der Waals surface area contributed by atoms with Crippen LogP contribution >= 0.6 is 0 Å². The van der Waals surface area contributed by atoms with Gasteiger partial charge in [0, 0.05) is 31.9 Å². The Kier molecular flexibility index (Phi) is 5.89. The number of aromatic nitrogens is 2. The third-order valence-electron chi connectivity index (χ3n) is 5.24. The van der Waals surface area contributed by atoms with Gasteiger partial charge in [-0.25, -0.2) is 4.68 Å². The van der Waals surface area contributed by atoms with Crippen LogP contribution in [0.25, 0.3) is 11.3 Å². The van der Waals surface area contributed by atoms with E-state index in [2.05, 4.69) is 41.2 Å². The number of carbonyl (C=O) groups is 1. The normalized spacial score (nSPS) is 15.2. The molecule has 150 valence electrons. The molecule has 3 rings (SSSR count). The van der Waals surface area contributed by atoms with E-state index in [4.69, 9.17) is 9.47 Å². The molecule has 0 spiro atoms. The maximum absolute atomic E-state index is 11.9. The third-order valence-corrected chi connectivity index (χ3v) is 5.24. The highest BCUT2D eigenvalue weighted by atomic mass is 16.5. The fourth-order valence-corrected chi connectivity index (χ4v) is 3.68. The molecule has 2 aromatic rings. The van der Waals surface area contributed by atoms with Gasteiger partial charge in [-0.2, -0.15) is 0 Å². The average Bonchev–Trinajstić information content (AvgIpc) is 3.16. The van der Waals surface area contributed by atoms with Gasteiger partial charge in [0.15, 0.2) is 0 Å². The third kappa shape index (κ3) is 4.28. The monoisotopic (exact) mass is 383 g/mol. The number of carbonyl (C=O) groups excluding carboxylic acids is 1. The van der Waals surface area contributed by atoms with Gasteiger partial charge in [0.05, 0.1) is 25.3 Å². The summed E-state index contributed by atoms with van der Waals surface area (Å²) in [5, 5.41) is 4.40. The van der Waals surface area contributed by atoms with Crippen molar-refractivity contribution in [3.05, 3.63) is 47.7 Å². The first-order chi connectivity index (χ1) is 13.3. The standard InChI is InChI=1S/C22H29N3O3/c1-16-14-18(6-7-19(16)25-13-10-20(23-25)27-4)17-8-11-24(12-9-17)15-22(2,3)21(26)28-5/h6-8,10,13-14H,9,11-12,15H2,1-5H3. The zero-order chi connectivity index (χ0) is 20.3. The molecular formula is C22H29N3O3. The van der Waals surface area contributed by atoms with Crippen LogP contribution in [0.2, 0.25) is 0 Å². The number of benzene rings is 1. The molecule has 0 N–H and O–H groups in total. The van der Waals surface area contributed by atoms with E-state index in [1.807, 2.05) is 30.8 Å². The van der Waals surface area contributed by atoms with Crippen molar-refractivity contribution in [2.24, 2.45) is 5.41 Å². The maximum Gasteiger partial charge on any atom is 0.312 e. The zero-order valence-electron chi connectivity index (χ0n) is 17.4. The van der Waals surface area contributed by atoms with Crippen LogP contribution in [-0.4, -0.2) is 54.5 Å². The van der Waals surface area contributed by atoms with E-state index in [-0.39, 0.29) is 5.97 Å². The smallest absolute Gasteiger partial charge is 0.312 e. The fraction of sp³-hybridized carbons (Fsp3) is 0.455. The van der Waals surface area contributed by atoms with Crippen molar-refractivity contribution < 1.29 is 14.3 Å². The molecule has 0 saturated heterocycles. The lowest BCUT2D eigenvalue weighted by Crippen LogP contribution is -2.41. The van der Waals surface area contributed by atoms with E-state index in [0.29, 0.717) is 12.4 Å². The highest BCUT2D eigenvalue weighted by molar-refractivity contribution is 5.76. The van der Waals surface area contributed by atoms with Crippen LogP contribution in [0, 0.1) is 12.3 Å². The van der Waals surface area contributed by atoms with Gasteiger partial charge in [0.1, 0.15) is 0 Å². The number of esters is 1. The number of hydrogen-bond donors (Lipinski definition) is 0. The van der Waals surface area contributed by atoms with Gasteiger partial charge < -0.3 is 9.47 Å². The van der Waals surface area contributed by atoms with Crippen molar-refractivity contribution in [3.63, 3.8) is 0 Å². The maximum atomic E-state index is 11.9. The van der Waals surface area contributed by atoms with E-state index in [0.717, 1.165) is 25.2 Å². The van der Waals surface area contributed by atoms with E-state index < -0.39 is 5.41 Å². The first-order valence-corrected chi connectivity index (χ1v) is 9.55. The van der Waals surface area contributed by atoms with Crippen LogP contribution in [0.15, 0.2) is 36.5 Å². The predicted molar refractivity (Wildman–Crippen MR) is 110 cm³/mol. The second-order valence-corrected chi connectivity index (χ2v) is 7.89. The lowest BCUT2D eigenvalue weighted by Gasteiger charge is -2.32. The first kappa shape index (κ1) is 20.1. The number of ether oxygens (including phenoxy) is 2. The molecule has 28 heavy (non-hydrogen) atoms. The Morgan fingerprint density at radius 3 is 2.61 bits per heavy atom. The molecule has 0 bridgehead atoms. The van der Waals surface area contributed by atoms with Gasteiger partial charge in [-0.3, -0.25) is 9.69 Å². The topological polar surface area (TPSA) is 56.6 Å². The molecule has 0 unspecified atom stereocenters. The number of rotatable bonds is 6. The lowest BCUT2D eigenvalue weighted by atomic mass is 9.91. The molecule has 0 fully saturated rings.